The van der Waals surface area contributed by atoms with Crippen LogP contribution in [0.15, 0.2) is 5.38 Å². The average molecular weight is 279 g/mol. The minimum Gasteiger partial charge on any atom is -0.342 e. The maximum Gasteiger partial charge on any atom is 0.225 e. The molecule has 2 aliphatic rings. The first-order valence-electron chi connectivity index (χ1n) is 7.21. The highest BCUT2D eigenvalue weighted by Gasteiger charge is 2.35. The summed E-state index contributed by atoms with van der Waals surface area (Å²) in [7, 11) is 0. The van der Waals surface area contributed by atoms with Crippen molar-refractivity contribution in [2.75, 3.05) is 19.6 Å². The van der Waals surface area contributed by atoms with Crippen LogP contribution in [0, 0.1) is 5.92 Å². The molecule has 2 fully saturated rings. The molecule has 1 aliphatic carbocycles. The largest absolute Gasteiger partial charge is 0.342 e. The van der Waals surface area contributed by atoms with Gasteiger partial charge in [-0.1, -0.05) is 0 Å². The lowest BCUT2D eigenvalue weighted by atomic mass is 9.97. The maximum atomic E-state index is 12.0. The number of hydrogen-bond donors (Lipinski definition) is 1. The second kappa shape index (κ2) is 5.59. The number of amides is 1. The molecule has 1 aromatic rings. The van der Waals surface area contributed by atoms with Gasteiger partial charge in [0.1, 0.15) is 0 Å². The van der Waals surface area contributed by atoms with Crippen LogP contribution in [0.2, 0.25) is 0 Å². The van der Waals surface area contributed by atoms with Gasteiger partial charge in [0.15, 0.2) is 0 Å². The van der Waals surface area contributed by atoms with E-state index in [1.165, 1.54) is 5.01 Å². The van der Waals surface area contributed by atoms with Crippen molar-refractivity contribution < 1.29 is 4.79 Å². The van der Waals surface area contributed by atoms with Gasteiger partial charge in [0.2, 0.25) is 5.91 Å². The Morgan fingerprint density at radius 1 is 1.37 bits per heavy atom. The van der Waals surface area contributed by atoms with Gasteiger partial charge in [0, 0.05) is 36.7 Å². The molecule has 0 aromatic carbocycles. The molecule has 1 aliphatic heterocycles. The molecule has 19 heavy (non-hydrogen) atoms. The summed E-state index contributed by atoms with van der Waals surface area (Å²) in [4.78, 5) is 18.7. The van der Waals surface area contributed by atoms with Crippen LogP contribution in [0.1, 0.15) is 42.3 Å². The summed E-state index contributed by atoms with van der Waals surface area (Å²) in [5.41, 5.74) is 6.68. The average Bonchev–Trinajstić information content (AvgIpc) is 3.19. The molecule has 4 nitrogen and oxygen atoms in total. The molecule has 0 spiro atoms. The molecule has 104 valence electrons. The monoisotopic (exact) mass is 279 g/mol. The topological polar surface area (TPSA) is 59.2 Å². The molecular formula is C14H21N3OS. The van der Waals surface area contributed by atoms with E-state index in [0.717, 1.165) is 50.9 Å². The molecule has 0 radical (unpaired) electrons. The highest BCUT2D eigenvalue weighted by Crippen LogP contribution is 2.35. The van der Waals surface area contributed by atoms with E-state index in [9.17, 15) is 4.79 Å². The van der Waals surface area contributed by atoms with E-state index < -0.39 is 0 Å². The van der Waals surface area contributed by atoms with Crippen molar-refractivity contribution in [3.63, 3.8) is 0 Å². The number of carbonyl (C=O) groups excluding carboxylic acids is 1. The number of hydrogen-bond acceptors (Lipinski definition) is 4. The van der Waals surface area contributed by atoms with Crippen LogP contribution in [0.5, 0.6) is 0 Å². The lowest BCUT2D eigenvalue weighted by molar-refractivity contribution is -0.133. The van der Waals surface area contributed by atoms with Gasteiger partial charge in [0.05, 0.1) is 10.7 Å². The standard InChI is InChI=1S/C14H21N3OS/c15-6-3-12-9-19-13(16-12)10-4-7-17(8-5-10)14(18)11-1-2-11/h9-11H,1-8,15H2. The minimum atomic E-state index is 0.354. The fraction of sp³-hybridized carbons (Fsp3) is 0.714. The minimum absolute atomic E-state index is 0.354. The molecular weight excluding hydrogens is 258 g/mol. The first kappa shape index (κ1) is 13.1. The quantitative estimate of drug-likeness (QED) is 0.913. The Hall–Kier alpha value is -0.940. The lowest BCUT2D eigenvalue weighted by Gasteiger charge is -2.31. The molecule has 2 N–H and O–H groups in total. The van der Waals surface area contributed by atoms with E-state index in [1.54, 1.807) is 11.3 Å². The zero-order chi connectivity index (χ0) is 13.2. The number of carbonyl (C=O) groups is 1. The molecule has 3 rings (SSSR count). The van der Waals surface area contributed by atoms with E-state index in [2.05, 4.69) is 15.3 Å². The number of piperidine rings is 1. The van der Waals surface area contributed by atoms with Crippen LogP contribution >= 0.6 is 11.3 Å². The predicted octanol–water partition coefficient (Wildman–Crippen LogP) is 1.76. The third kappa shape index (κ3) is 2.98. The first-order valence-corrected chi connectivity index (χ1v) is 8.09. The van der Waals surface area contributed by atoms with Gasteiger partial charge < -0.3 is 10.6 Å². The van der Waals surface area contributed by atoms with Gasteiger partial charge in [-0.25, -0.2) is 4.98 Å². The summed E-state index contributed by atoms with van der Waals surface area (Å²) in [5, 5.41) is 3.37. The second-order valence-corrected chi connectivity index (χ2v) is 6.48. The fourth-order valence-corrected chi connectivity index (χ4v) is 3.73. The Morgan fingerprint density at radius 2 is 2.11 bits per heavy atom. The number of rotatable bonds is 4. The van der Waals surface area contributed by atoms with Crippen LogP contribution < -0.4 is 5.73 Å². The molecule has 1 saturated carbocycles. The zero-order valence-electron chi connectivity index (χ0n) is 11.2. The SMILES string of the molecule is NCCc1csc(C2CCN(C(=O)C3CC3)CC2)n1. The third-order valence-corrected chi connectivity index (χ3v) is 5.11. The van der Waals surface area contributed by atoms with Crippen LogP contribution in [-0.2, 0) is 11.2 Å². The Morgan fingerprint density at radius 3 is 2.74 bits per heavy atom. The highest BCUT2D eigenvalue weighted by atomic mass is 32.1. The van der Waals surface area contributed by atoms with Gasteiger partial charge >= 0.3 is 0 Å². The number of thiazole rings is 1. The zero-order valence-corrected chi connectivity index (χ0v) is 12.0. The Labute approximate surface area is 118 Å². The summed E-state index contributed by atoms with van der Waals surface area (Å²) in [6.45, 7) is 2.48. The molecule has 0 unspecified atom stereocenters. The summed E-state index contributed by atoms with van der Waals surface area (Å²) < 4.78 is 0. The van der Waals surface area contributed by atoms with Gasteiger partial charge in [0.25, 0.3) is 0 Å². The fourth-order valence-electron chi connectivity index (χ4n) is 2.71. The molecule has 1 aromatic heterocycles. The molecule has 1 saturated heterocycles. The van der Waals surface area contributed by atoms with Crippen molar-refractivity contribution in [2.45, 2.75) is 38.0 Å². The number of nitrogens with zero attached hydrogens (tertiary/aromatic N) is 2. The van der Waals surface area contributed by atoms with Crippen molar-refractivity contribution in [3.05, 3.63) is 16.1 Å². The Kier molecular flexibility index (Phi) is 3.84. The van der Waals surface area contributed by atoms with E-state index in [1.807, 2.05) is 0 Å². The van der Waals surface area contributed by atoms with E-state index in [4.69, 9.17) is 5.73 Å². The van der Waals surface area contributed by atoms with E-state index in [-0.39, 0.29) is 0 Å². The molecule has 0 bridgehead atoms. The summed E-state index contributed by atoms with van der Waals surface area (Å²) in [5.74, 6) is 1.29. The molecule has 2 heterocycles. The summed E-state index contributed by atoms with van der Waals surface area (Å²) >= 11 is 1.75. The maximum absolute atomic E-state index is 12.0. The van der Waals surface area contributed by atoms with Gasteiger partial charge in [-0.05, 0) is 32.2 Å². The van der Waals surface area contributed by atoms with Gasteiger partial charge in [-0.2, -0.15) is 0 Å². The Balaban J connectivity index is 1.55. The van der Waals surface area contributed by atoms with Crippen LogP contribution in [0.3, 0.4) is 0 Å². The van der Waals surface area contributed by atoms with E-state index in [0.29, 0.717) is 24.3 Å². The van der Waals surface area contributed by atoms with Crippen molar-refractivity contribution in [3.8, 4) is 0 Å². The second-order valence-electron chi connectivity index (χ2n) is 5.59. The number of likely N-dealkylation sites (tertiary alicyclic amines) is 1. The van der Waals surface area contributed by atoms with Crippen molar-refractivity contribution in [2.24, 2.45) is 11.7 Å². The van der Waals surface area contributed by atoms with Crippen molar-refractivity contribution >= 4 is 17.2 Å². The van der Waals surface area contributed by atoms with E-state index >= 15 is 0 Å². The first-order chi connectivity index (χ1) is 9.28. The number of nitrogens with two attached hydrogens (primary N) is 1. The molecule has 1 amide bonds. The highest BCUT2D eigenvalue weighted by molar-refractivity contribution is 7.09. The molecule has 5 heteroatoms. The van der Waals surface area contributed by atoms with Gasteiger partial charge in [-0.15, -0.1) is 11.3 Å². The predicted molar refractivity (Wildman–Crippen MR) is 76.2 cm³/mol. The number of aromatic nitrogens is 1. The van der Waals surface area contributed by atoms with Gasteiger partial charge in [-0.3, -0.25) is 4.79 Å². The summed E-state index contributed by atoms with van der Waals surface area (Å²) in [6.07, 6.45) is 5.21. The molecule has 0 atom stereocenters. The van der Waals surface area contributed by atoms with Crippen molar-refractivity contribution in [1.82, 2.24) is 9.88 Å². The summed E-state index contributed by atoms with van der Waals surface area (Å²) in [6, 6.07) is 0. The lowest BCUT2D eigenvalue weighted by Crippen LogP contribution is -2.38. The third-order valence-electron chi connectivity index (χ3n) is 4.05. The van der Waals surface area contributed by atoms with Crippen LogP contribution in [0.25, 0.3) is 0 Å². The van der Waals surface area contributed by atoms with Crippen molar-refractivity contribution in [1.29, 1.82) is 0 Å². The Bertz CT molecular complexity index is 447. The van der Waals surface area contributed by atoms with Crippen LogP contribution in [0.4, 0.5) is 0 Å². The normalized spacial score (nSPS) is 20.8. The smallest absolute Gasteiger partial charge is 0.225 e. The van der Waals surface area contributed by atoms with Crippen LogP contribution in [-0.4, -0.2) is 35.4 Å².